The maximum absolute atomic E-state index is 14.3. The number of carboxylic acid groups (broad SMARTS) is 1. The Labute approximate surface area is 318 Å². The molecule has 14 nitrogen and oxygen atoms in total. The lowest BCUT2D eigenvalue weighted by atomic mass is 9.95. The molecular formula is C38H31ClF3N5O9. The molecule has 8 rings (SSSR count). The Kier molecular flexibility index (Phi) is 9.08. The van der Waals surface area contributed by atoms with Crippen molar-refractivity contribution in [3.8, 4) is 11.5 Å². The molecule has 6 aromatic rings. The number of benzene rings is 3. The van der Waals surface area contributed by atoms with Crippen molar-refractivity contribution < 1.29 is 56.5 Å². The molecule has 0 unspecified atom stereocenters. The van der Waals surface area contributed by atoms with Gasteiger partial charge in [-0.15, -0.1) is 11.6 Å². The molecule has 0 aliphatic carbocycles. The molecule has 2 aliphatic rings. The number of para-hydroxylation sites is 1. The largest absolute Gasteiger partial charge is 0.493 e. The number of aromatic amines is 2. The number of H-pyrrole nitrogens is 2. The van der Waals surface area contributed by atoms with Crippen molar-refractivity contribution in [2.24, 2.45) is 0 Å². The molecule has 3 aromatic heterocycles. The highest BCUT2D eigenvalue weighted by Crippen LogP contribution is 2.50. The van der Waals surface area contributed by atoms with Crippen molar-refractivity contribution in [3.05, 3.63) is 82.9 Å². The first kappa shape index (κ1) is 36.8. The number of alkyl halides is 4. The summed E-state index contributed by atoms with van der Waals surface area (Å²) < 4.78 is 59.7. The smallest absolute Gasteiger partial charge is 0.432 e. The summed E-state index contributed by atoms with van der Waals surface area (Å²) in [6, 6.07) is 13.9. The second-order valence-corrected chi connectivity index (χ2v) is 13.8. The van der Waals surface area contributed by atoms with E-state index in [2.05, 4.69) is 15.3 Å². The molecule has 1 fully saturated rings. The lowest BCUT2D eigenvalue weighted by molar-refractivity contribution is -0.141. The van der Waals surface area contributed by atoms with E-state index in [9.17, 15) is 42.6 Å². The van der Waals surface area contributed by atoms with Gasteiger partial charge >= 0.3 is 18.2 Å². The van der Waals surface area contributed by atoms with Gasteiger partial charge < -0.3 is 49.2 Å². The number of aliphatic hydroxyl groups excluding tert-OH is 1. The summed E-state index contributed by atoms with van der Waals surface area (Å²) in [7, 11) is 1.49. The fourth-order valence-corrected chi connectivity index (χ4v) is 7.87. The zero-order valence-electron chi connectivity index (χ0n) is 29.3. The number of amides is 3. The summed E-state index contributed by atoms with van der Waals surface area (Å²) >= 11 is 6.34. The molecule has 0 bridgehead atoms. The highest BCUT2D eigenvalue weighted by atomic mass is 35.5. The van der Waals surface area contributed by atoms with E-state index in [4.69, 9.17) is 25.5 Å². The van der Waals surface area contributed by atoms with Crippen LogP contribution in [0.15, 0.2) is 59.0 Å². The molecule has 290 valence electrons. The van der Waals surface area contributed by atoms with Gasteiger partial charge in [0.2, 0.25) is 0 Å². The third-order valence-corrected chi connectivity index (χ3v) is 10.5. The first-order chi connectivity index (χ1) is 26.8. The number of fused-ring (bicyclic) bond motifs is 5. The van der Waals surface area contributed by atoms with Crippen LogP contribution in [0.1, 0.15) is 61.4 Å². The number of aromatic nitrogens is 2. The highest BCUT2D eigenvalue weighted by Gasteiger charge is 2.44. The second-order valence-electron chi connectivity index (χ2n) is 13.5. The van der Waals surface area contributed by atoms with Crippen LogP contribution in [0.25, 0.3) is 32.8 Å². The quantitative estimate of drug-likeness (QED) is 0.0984. The number of carboxylic acids is 1. The number of hydrogen-bond donors (Lipinski definition) is 5. The van der Waals surface area contributed by atoms with Crippen LogP contribution in [0.2, 0.25) is 0 Å². The van der Waals surface area contributed by atoms with Gasteiger partial charge in [0.25, 0.3) is 11.8 Å². The number of halogens is 4. The van der Waals surface area contributed by atoms with E-state index in [0.29, 0.717) is 46.2 Å². The molecule has 56 heavy (non-hydrogen) atoms. The summed E-state index contributed by atoms with van der Waals surface area (Å²) in [6.07, 6.45) is -5.08. The molecule has 0 radical (unpaired) electrons. The third kappa shape index (κ3) is 6.12. The monoisotopic (exact) mass is 793 g/mol. The number of carbonyl (C=O) groups is 4. The highest BCUT2D eigenvalue weighted by molar-refractivity contribution is 6.20. The Balaban J connectivity index is 1.16. The van der Waals surface area contributed by atoms with E-state index >= 15 is 0 Å². The predicted molar refractivity (Wildman–Crippen MR) is 197 cm³/mol. The molecular weight excluding hydrogens is 763 g/mol. The number of anilines is 2. The van der Waals surface area contributed by atoms with E-state index < -0.39 is 69.9 Å². The van der Waals surface area contributed by atoms with Crippen molar-refractivity contribution in [1.29, 1.82) is 0 Å². The lowest BCUT2D eigenvalue weighted by Crippen LogP contribution is -2.39. The van der Waals surface area contributed by atoms with Gasteiger partial charge in [0.1, 0.15) is 11.4 Å². The number of aliphatic hydroxyl groups is 1. The number of carbonyl (C=O) groups excluding carboxylic acids is 3. The molecule has 5 N–H and O–H groups in total. The van der Waals surface area contributed by atoms with Gasteiger partial charge in [-0.3, -0.25) is 9.59 Å². The molecule has 3 amide bonds. The number of likely N-dealkylation sites (tertiary alicyclic amines) is 1. The Hall–Kier alpha value is -6.20. The predicted octanol–water partition coefficient (Wildman–Crippen LogP) is 7.31. The summed E-state index contributed by atoms with van der Waals surface area (Å²) in [5.74, 6) is -4.03. The van der Waals surface area contributed by atoms with Crippen molar-refractivity contribution in [3.63, 3.8) is 0 Å². The average Bonchev–Trinajstić information content (AvgIpc) is 4.01. The fourth-order valence-electron chi connectivity index (χ4n) is 7.62. The molecule has 5 heterocycles. The topological polar surface area (TPSA) is 190 Å². The Morgan fingerprint density at radius 2 is 1.86 bits per heavy atom. The number of hydrogen-bond acceptors (Lipinski definition) is 8. The van der Waals surface area contributed by atoms with E-state index in [0.717, 1.165) is 0 Å². The molecule has 2 atom stereocenters. The minimum absolute atomic E-state index is 0.000350. The van der Waals surface area contributed by atoms with Crippen molar-refractivity contribution in [1.82, 2.24) is 14.9 Å². The fraction of sp³-hybridized carbons (Fsp3) is 0.263. The average molecular weight is 794 g/mol. The van der Waals surface area contributed by atoms with E-state index in [1.807, 2.05) is 0 Å². The lowest BCUT2D eigenvalue weighted by Gasteiger charge is -2.23. The molecule has 2 aliphatic heterocycles. The standard InChI is InChI=1S/C38H31ClF3N5O9/c1-54-25-6-2-4-17-12-27(55-32(17)25)34(49)43-20-7-8-22-18(10-20)11-23(44-22)35(50)47-15-19(14-39)28-24(47)13-26(56-37(53)46-9-3-5-21(46)16-48)31-29(28)30(36(51)52)33(45-31)38(40,41)42/h2,4,6-8,10-13,19,21,44-45,48H,3,5,9,14-16H2,1H3,(H,43,49)(H,51,52)/t19-,21+/m1/s1. The zero-order chi connectivity index (χ0) is 39.6. The number of nitrogens with zero attached hydrogens (tertiary/aromatic N) is 2. The van der Waals surface area contributed by atoms with Gasteiger partial charge in [0.15, 0.2) is 22.8 Å². The Bertz CT molecular complexity index is 2600. The van der Waals surface area contributed by atoms with Gasteiger partial charge in [-0.25, -0.2) is 9.59 Å². The maximum Gasteiger partial charge on any atom is 0.432 e. The first-order valence-electron chi connectivity index (χ1n) is 17.3. The van der Waals surface area contributed by atoms with E-state index in [-0.39, 0.29) is 48.3 Å². The van der Waals surface area contributed by atoms with Crippen LogP contribution < -0.4 is 19.7 Å². The summed E-state index contributed by atoms with van der Waals surface area (Å²) in [5.41, 5.74) is -1.67. The summed E-state index contributed by atoms with van der Waals surface area (Å²) in [6.45, 7) is -0.294. The van der Waals surface area contributed by atoms with Gasteiger partial charge in [-0.2, -0.15) is 13.2 Å². The molecule has 3 aromatic carbocycles. The first-order valence-corrected chi connectivity index (χ1v) is 17.9. The van der Waals surface area contributed by atoms with E-state index in [1.54, 1.807) is 42.5 Å². The van der Waals surface area contributed by atoms with Crippen LogP contribution >= 0.6 is 11.6 Å². The number of methoxy groups -OCH3 is 1. The van der Waals surface area contributed by atoms with Crippen molar-refractivity contribution in [2.45, 2.75) is 31.0 Å². The van der Waals surface area contributed by atoms with Crippen LogP contribution in [0.5, 0.6) is 11.5 Å². The van der Waals surface area contributed by atoms with E-state index in [1.165, 1.54) is 29.0 Å². The molecule has 0 spiro atoms. The van der Waals surface area contributed by atoms with Crippen molar-refractivity contribution in [2.75, 3.05) is 42.9 Å². The minimum atomic E-state index is -5.15. The Morgan fingerprint density at radius 1 is 1.05 bits per heavy atom. The van der Waals surface area contributed by atoms with Crippen LogP contribution in [0.3, 0.4) is 0 Å². The molecule has 0 saturated carbocycles. The number of rotatable bonds is 8. The van der Waals surface area contributed by atoms with Crippen LogP contribution in [0, 0.1) is 0 Å². The SMILES string of the molecule is COc1cccc2cc(C(=O)Nc3ccc4[nH]c(C(=O)N5C[C@@H](CCl)c6c5cc(OC(=O)N5CCC[C@H]5CO)c5[nH]c(C(F)(F)F)c(C(=O)O)c65)cc4c3)oc12. The van der Waals surface area contributed by atoms with Crippen molar-refractivity contribution >= 4 is 79.6 Å². The minimum Gasteiger partial charge on any atom is -0.493 e. The summed E-state index contributed by atoms with van der Waals surface area (Å²) in [5, 5.41) is 23.5. The maximum atomic E-state index is 14.3. The second kappa shape index (κ2) is 13.8. The van der Waals surface area contributed by atoms with Gasteiger partial charge in [-0.1, -0.05) is 12.1 Å². The zero-order valence-corrected chi connectivity index (χ0v) is 30.0. The normalized spacial score (nSPS) is 16.9. The number of furan rings is 1. The number of nitrogens with one attached hydrogen (secondary N) is 3. The molecule has 18 heteroatoms. The molecule has 1 saturated heterocycles. The van der Waals surface area contributed by atoms with Gasteiger partial charge in [0.05, 0.1) is 36.5 Å². The van der Waals surface area contributed by atoms with Gasteiger partial charge in [0, 0.05) is 58.3 Å². The number of aromatic carboxylic acids is 1. The van der Waals surface area contributed by atoms with Gasteiger partial charge in [-0.05, 0) is 54.8 Å². The Morgan fingerprint density at radius 3 is 2.57 bits per heavy atom. The van der Waals surface area contributed by atoms with Crippen LogP contribution in [-0.2, 0) is 6.18 Å². The third-order valence-electron chi connectivity index (χ3n) is 10.2. The van der Waals surface area contributed by atoms with Crippen LogP contribution in [-0.4, -0.2) is 87.7 Å². The van der Waals surface area contributed by atoms with Crippen LogP contribution in [0.4, 0.5) is 29.3 Å². The summed E-state index contributed by atoms with van der Waals surface area (Å²) in [4.78, 5) is 60.9. The number of ether oxygens (including phenoxy) is 2.